The Morgan fingerprint density at radius 3 is 2.26 bits per heavy atom. The van der Waals surface area contributed by atoms with Crippen molar-refractivity contribution in [3.63, 3.8) is 0 Å². The molecule has 0 spiro atoms. The maximum atomic E-state index is 13.2. The predicted molar refractivity (Wildman–Crippen MR) is 155 cm³/mol. The Labute approximate surface area is 236 Å². The van der Waals surface area contributed by atoms with Gasteiger partial charge < -0.3 is 15.2 Å². The van der Waals surface area contributed by atoms with E-state index in [0.29, 0.717) is 5.69 Å². The number of aliphatic carboxylic acids is 1. The molecule has 2 rings (SSSR count). The number of carbonyl (C=O) groups excluding carboxylic acids is 3. The van der Waals surface area contributed by atoms with Gasteiger partial charge in [0.05, 0.1) is 12.4 Å². The molecule has 1 atom stereocenters. The van der Waals surface area contributed by atoms with Gasteiger partial charge in [-0.05, 0) is 48.6 Å². The molecule has 2 aromatic rings. The Morgan fingerprint density at radius 1 is 0.897 bits per heavy atom. The summed E-state index contributed by atoms with van der Waals surface area (Å²) in [5, 5.41) is 11.2. The highest BCUT2D eigenvalue weighted by Gasteiger charge is 2.22. The summed E-state index contributed by atoms with van der Waals surface area (Å²) in [4.78, 5) is 48.4. The van der Waals surface area contributed by atoms with Crippen LogP contribution in [0.15, 0.2) is 53.4 Å². The van der Waals surface area contributed by atoms with Crippen molar-refractivity contribution in [2.24, 2.45) is 0 Å². The number of methoxy groups -OCH3 is 1. The van der Waals surface area contributed by atoms with E-state index in [-0.39, 0.29) is 31.5 Å². The average molecular weight is 556 g/mol. The maximum Gasteiger partial charge on any atom is 0.315 e. The lowest BCUT2D eigenvalue weighted by atomic mass is 10.00. The summed E-state index contributed by atoms with van der Waals surface area (Å²) >= 11 is 1.37. The van der Waals surface area contributed by atoms with E-state index in [4.69, 9.17) is 5.11 Å². The second kappa shape index (κ2) is 18.2. The van der Waals surface area contributed by atoms with Gasteiger partial charge in [0.2, 0.25) is 5.91 Å². The van der Waals surface area contributed by atoms with E-state index in [9.17, 15) is 19.2 Å². The van der Waals surface area contributed by atoms with Crippen LogP contribution in [0.1, 0.15) is 93.9 Å². The van der Waals surface area contributed by atoms with Gasteiger partial charge in [0, 0.05) is 23.4 Å². The number of carboxylic acid groups (broad SMARTS) is 1. The molecular weight excluding hydrogens is 514 g/mol. The number of thioether (sulfide) groups is 1. The first kappa shape index (κ1) is 32.1. The summed E-state index contributed by atoms with van der Waals surface area (Å²) in [6.07, 6.45) is 9.83. The third kappa shape index (κ3) is 13.0. The number of carbonyl (C=O) groups is 4. The quantitative estimate of drug-likeness (QED) is 0.0820. The fourth-order valence-corrected chi connectivity index (χ4v) is 5.37. The molecular formula is C31H41NO6S. The van der Waals surface area contributed by atoms with Crippen LogP contribution in [0.2, 0.25) is 0 Å². The zero-order chi connectivity index (χ0) is 28.5. The number of aryl methyl sites for hydroxylation is 1. The van der Waals surface area contributed by atoms with Gasteiger partial charge in [-0.1, -0.05) is 75.8 Å². The third-order valence-corrected chi connectivity index (χ3v) is 7.66. The van der Waals surface area contributed by atoms with Gasteiger partial charge in [0.1, 0.15) is 6.42 Å². The number of unbranched alkanes of at least 4 members (excludes halogenated alkanes) is 6. The van der Waals surface area contributed by atoms with Crippen molar-refractivity contribution >= 4 is 41.1 Å². The molecule has 1 amide bonds. The van der Waals surface area contributed by atoms with Gasteiger partial charge in [-0.2, -0.15) is 0 Å². The lowest BCUT2D eigenvalue weighted by Crippen LogP contribution is -2.17. The molecule has 0 aliphatic carbocycles. The van der Waals surface area contributed by atoms with Gasteiger partial charge in [-0.25, -0.2) is 0 Å². The third-order valence-electron chi connectivity index (χ3n) is 6.36. The number of anilines is 1. The molecule has 0 aliphatic rings. The van der Waals surface area contributed by atoms with Crippen molar-refractivity contribution in [3.8, 4) is 0 Å². The predicted octanol–water partition coefficient (Wildman–Crippen LogP) is 7.14. The first-order valence-electron chi connectivity index (χ1n) is 13.8. The number of hydrogen-bond acceptors (Lipinski definition) is 6. The molecule has 2 aromatic carbocycles. The summed E-state index contributed by atoms with van der Waals surface area (Å²) in [5.74, 6) is -2.07. The van der Waals surface area contributed by atoms with Crippen LogP contribution in [0.5, 0.6) is 0 Å². The second-order valence-electron chi connectivity index (χ2n) is 9.65. The zero-order valence-electron chi connectivity index (χ0n) is 23.1. The Kier molecular flexibility index (Phi) is 15.0. The molecule has 0 saturated heterocycles. The smallest absolute Gasteiger partial charge is 0.315 e. The fourth-order valence-electron chi connectivity index (χ4n) is 4.20. The van der Waals surface area contributed by atoms with Crippen molar-refractivity contribution in [1.82, 2.24) is 0 Å². The number of benzene rings is 2. The summed E-state index contributed by atoms with van der Waals surface area (Å²) in [7, 11) is 1.22. The largest absolute Gasteiger partial charge is 0.481 e. The van der Waals surface area contributed by atoms with E-state index in [1.807, 2.05) is 18.2 Å². The molecule has 0 bridgehead atoms. The van der Waals surface area contributed by atoms with Crippen LogP contribution in [0.25, 0.3) is 0 Å². The summed E-state index contributed by atoms with van der Waals surface area (Å²) in [6.45, 7) is 2.22. The second-order valence-corrected chi connectivity index (χ2v) is 10.8. The Bertz CT molecular complexity index is 1070. The van der Waals surface area contributed by atoms with Crippen molar-refractivity contribution in [1.29, 1.82) is 0 Å². The lowest BCUT2D eigenvalue weighted by molar-refractivity contribution is -0.143. The normalized spacial score (nSPS) is 11.5. The van der Waals surface area contributed by atoms with Crippen LogP contribution in [0, 0.1) is 0 Å². The minimum atomic E-state index is -0.919. The molecule has 0 aliphatic heterocycles. The number of rotatable bonds is 19. The molecule has 0 fully saturated rings. The molecule has 0 saturated carbocycles. The van der Waals surface area contributed by atoms with Crippen molar-refractivity contribution in [2.75, 3.05) is 12.4 Å². The van der Waals surface area contributed by atoms with Crippen molar-refractivity contribution in [2.45, 2.75) is 94.1 Å². The molecule has 0 aromatic heterocycles. The monoisotopic (exact) mass is 555 g/mol. The molecule has 0 radical (unpaired) electrons. The molecule has 7 nitrogen and oxygen atoms in total. The molecule has 212 valence electrons. The molecule has 1 unspecified atom stereocenters. The van der Waals surface area contributed by atoms with E-state index in [2.05, 4.69) is 29.1 Å². The van der Waals surface area contributed by atoms with E-state index in [1.54, 1.807) is 18.2 Å². The van der Waals surface area contributed by atoms with Gasteiger partial charge in [-0.3, -0.25) is 19.2 Å². The SMILES string of the molecule is CCCCCCCCCc1ccc(C(Sc2cccc(NC(=O)CC(=O)OC)c2)C(=O)CCCC(=O)O)cc1. The number of ketones is 1. The van der Waals surface area contributed by atoms with Gasteiger partial charge in [-0.15, -0.1) is 11.8 Å². The van der Waals surface area contributed by atoms with Crippen molar-refractivity contribution < 1.29 is 29.0 Å². The topological polar surface area (TPSA) is 110 Å². The zero-order valence-corrected chi connectivity index (χ0v) is 23.9. The summed E-state index contributed by atoms with van der Waals surface area (Å²) in [6, 6.07) is 15.2. The van der Waals surface area contributed by atoms with Gasteiger partial charge >= 0.3 is 11.9 Å². The van der Waals surface area contributed by atoms with Gasteiger partial charge in [0.15, 0.2) is 5.78 Å². The van der Waals surface area contributed by atoms with Crippen LogP contribution in [-0.2, 0) is 30.3 Å². The number of nitrogens with one attached hydrogen (secondary N) is 1. The van der Waals surface area contributed by atoms with Crippen LogP contribution < -0.4 is 5.32 Å². The molecule has 39 heavy (non-hydrogen) atoms. The minimum absolute atomic E-state index is 0.0405. The Balaban J connectivity index is 2.07. The number of esters is 1. The standard InChI is InChI=1S/C31H41NO6S/c1-3-4-5-6-7-8-9-12-23-17-19-24(20-18-23)31(27(33)15-11-16-29(35)36)39-26-14-10-13-25(21-26)32-28(34)22-30(37)38-2/h10,13-14,17-21,31H,3-9,11-12,15-16,22H2,1-2H3,(H,32,34)(H,35,36). The van der Waals surface area contributed by atoms with Crippen LogP contribution in [-0.4, -0.2) is 35.8 Å². The molecule has 0 heterocycles. The summed E-state index contributed by atoms with van der Waals surface area (Å²) < 4.78 is 4.53. The number of Topliss-reactive ketones (excluding diaryl/α,β-unsaturated/α-hetero) is 1. The number of amides is 1. The maximum absolute atomic E-state index is 13.2. The van der Waals surface area contributed by atoms with Crippen LogP contribution >= 0.6 is 11.8 Å². The Hall–Kier alpha value is -3.13. The number of hydrogen-bond donors (Lipinski definition) is 2. The number of ether oxygens (including phenoxy) is 1. The highest BCUT2D eigenvalue weighted by atomic mass is 32.2. The lowest BCUT2D eigenvalue weighted by Gasteiger charge is -2.17. The van der Waals surface area contributed by atoms with Crippen LogP contribution in [0.3, 0.4) is 0 Å². The van der Waals surface area contributed by atoms with E-state index >= 15 is 0 Å². The van der Waals surface area contributed by atoms with Gasteiger partial charge in [0.25, 0.3) is 0 Å². The molecule has 8 heteroatoms. The molecule has 2 N–H and O–H groups in total. The Morgan fingerprint density at radius 2 is 1.59 bits per heavy atom. The van der Waals surface area contributed by atoms with E-state index < -0.39 is 23.1 Å². The minimum Gasteiger partial charge on any atom is -0.481 e. The van der Waals surface area contributed by atoms with Crippen molar-refractivity contribution in [3.05, 3.63) is 59.7 Å². The van der Waals surface area contributed by atoms with Crippen LogP contribution in [0.4, 0.5) is 5.69 Å². The highest BCUT2D eigenvalue weighted by Crippen LogP contribution is 2.38. The fraction of sp³-hybridized carbons (Fsp3) is 0.484. The van der Waals surface area contributed by atoms with E-state index in [1.165, 1.54) is 63.0 Å². The highest BCUT2D eigenvalue weighted by molar-refractivity contribution is 8.00. The number of carboxylic acids is 1. The van der Waals surface area contributed by atoms with E-state index in [0.717, 1.165) is 23.3 Å². The average Bonchev–Trinajstić information content (AvgIpc) is 2.91. The first-order chi connectivity index (χ1) is 18.8. The summed E-state index contributed by atoms with van der Waals surface area (Å²) in [5.41, 5.74) is 2.62. The first-order valence-corrected chi connectivity index (χ1v) is 14.7.